The van der Waals surface area contributed by atoms with E-state index in [1.54, 1.807) is 0 Å². The fourth-order valence-corrected chi connectivity index (χ4v) is 3.50. The van der Waals surface area contributed by atoms with Crippen LogP contribution < -0.4 is 5.32 Å². The molecule has 0 fully saturated rings. The first kappa shape index (κ1) is 14.9. The first-order valence-corrected chi connectivity index (χ1v) is 8.45. The Balaban J connectivity index is 1.58. The molecule has 1 N–H and O–H groups in total. The number of carbonyl (C=O) groups excluding carboxylic acids is 1. The lowest BCUT2D eigenvalue weighted by molar-refractivity contribution is -0.120. The molecule has 0 saturated carbocycles. The molecule has 4 nitrogen and oxygen atoms in total. The van der Waals surface area contributed by atoms with Gasteiger partial charge in [0.25, 0.3) is 0 Å². The number of hydrogen-bond donors (Lipinski definition) is 1. The Morgan fingerprint density at radius 3 is 2.96 bits per heavy atom. The molecule has 0 aliphatic heterocycles. The van der Waals surface area contributed by atoms with E-state index < -0.39 is 0 Å². The number of pyridine rings is 1. The molecule has 122 valence electrons. The van der Waals surface area contributed by atoms with E-state index in [9.17, 15) is 4.79 Å². The summed E-state index contributed by atoms with van der Waals surface area (Å²) in [6, 6.07) is 12.1. The van der Waals surface area contributed by atoms with Gasteiger partial charge >= 0.3 is 0 Å². The van der Waals surface area contributed by atoms with E-state index in [2.05, 4.69) is 27.7 Å². The highest BCUT2D eigenvalue weighted by Crippen LogP contribution is 2.28. The number of nitrogens with one attached hydrogen (secondary N) is 1. The molecule has 2 heterocycles. The number of carbonyl (C=O) groups is 1. The van der Waals surface area contributed by atoms with Crippen LogP contribution in [0.3, 0.4) is 0 Å². The van der Waals surface area contributed by atoms with Gasteiger partial charge < -0.3 is 9.72 Å². The second-order valence-corrected chi connectivity index (χ2v) is 6.61. The smallest absolute Gasteiger partial charge is 0.227 e. The highest BCUT2D eigenvalue weighted by molar-refractivity contribution is 5.93. The van der Waals surface area contributed by atoms with Gasteiger partial charge in [-0.1, -0.05) is 18.2 Å². The van der Waals surface area contributed by atoms with Crippen molar-refractivity contribution in [1.82, 2.24) is 9.38 Å². The summed E-state index contributed by atoms with van der Waals surface area (Å²) in [5.41, 5.74) is 6.54. The van der Waals surface area contributed by atoms with Crippen LogP contribution >= 0.6 is 0 Å². The molecule has 0 radical (unpaired) electrons. The van der Waals surface area contributed by atoms with Crippen LogP contribution in [-0.4, -0.2) is 15.3 Å². The molecular formula is C20H21N3O. The molecule has 3 aromatic rings. The first-order chi connectivity index (χ1) is 11.6. The van der Waals surface area contributed by atoms with E-state index in [1.165, 1.54) is 11.3 Å². The third kappa shape index (κ3) is 2.48. The molecule has 1 aromatic carbocycles. The van der Waals surface area contributed by atoms with E-state index >= 15 is 0 Å². The van der Waals surface area contributed by atoms with Gasteiger partial charge in [-0.05, 0) is 56.0 Å². The summed E-state index contributed by atoms with van der Waals surface area (Å²) in [5.74, 6) is 0.109. The molecule has 4 heteroatoms. The highest BCUT2D eigenvalue weighted by Gasteiger charge is 2.28. The van der Waals surface area contributed by atoms with Crippen molar-refractivity contribution in [3.8, 4) is 0 Å². The quantitative estimate of drug-likeness (QED) is 0.783. The summed E-state index contributed by atoms with van der Waals surface area (Å²) < 4.78 is 2.12. The van der Waals surface area contributed by atoms with Crippen LogP contribution in [0.25, 0.3) is 5.65 Å². The van der Waals surface area contributed by atoms with Crippen molar-refractivity contribution in [2.24, 2.45) is 5.92 Å². The molecule has 0 saturated heterocycles. The minimum absolute atomic E-state index is 0.00230. The zero-order valence-corrected chi connectivity index (χ0v) is 14.0. The molecule has 1 aliphatic rings. The molecular weight excluding hydrogens is 298 g/mol. The van der Waals surface area contributed by atoms with Crippen molar-refractivity contribution in [2.45, 2.75) is 33.1 Å². The Hall–Kier alpha value is -2.62. The molecule has 1 aliphatic carbocycles. The number of benzene rings is 1. The standard InChI is InChI=1S/C20H21N3O/c1-13-6-5-7-16(14(13)2)22-20(24)15-9-10-17-18(12-15)23-11-4-3-8-19(23)21-17/h3-8,11,15H,9-10,12H2,1-2H3,(H,22,24). The molecule has 1 atom stereocenters. The lowest BCUT2D eigenvalue weighted by atomic mass is 9.89. The maximum absolute atomic E-state index is 12.8. The van der Waals surface area contributed by atoms with Crippen LogP contribution in [-0.2, 0) is 17.6 Å². The van der Waals surface area contributed by atoms with E-state index in [4.69, 9.17) is 0 Å². The molecule has 4 rings (SSSR count). The topological polar surface area (TPSA) is 46.4 Å². The maximum atomic E-state index is 12.8. The number of anilines is 1. The molecule has 24 heavy (non-hydrogen) atoms. The zero-order chi connectivity index (χ0) is 16.7. The predicted octanol–water partition coefficient (Wildman–Crippen LogP) is 3.69. The normalized spacial score (nSPS) is 16.8. The Kier molecular flexibility index (Phi) is 3.60. The lowest BCUT2D eigenvalue weighted by Crippen LogP contribution is -2.29. The average Bonchev–Trinajstić information content (AvgIpc) is 2.96. The van der Waals surface area contributed by atoms with Gasteiger partial charge in [-0.25, -0.2) is 4.98 Å². The van der Waals surface area contributed by atoms with E-state index in [0.29, 0.717) is 0 Å². The summed E-state index contributed by atoms with van der Waals surface area (Å²) >= 11 is 0. The largest absolute Gasteiger partial charge is 0.326 e. The molecule has 1 amide bonds. The predicted molar refractivity (Wildman–Crippen MR) is 95.3 cm³/mol. The third-order valence-corrected chi connectivity index (χ3v) is 5.11. The number of aryl methyl sites for hydroxylation is 2. The summed E-state index contributed by atoms with van der Waals surface area (Å²) in [6.45, 7) is 4.12. The second-order valence-electron chi connectivity index (χ2n) is 6.61. The minimum Gasteiger partial charge on any atom is -0.326 e. The molecule has 0 spiro atoms. The number of rotatable bonds is 2. The van der Waals surface area contributed by atoms with Crippen LogP contribution in [0.4, 0.5) is 5.69 Å². The SMILES string of the molecule is Cc1cccc(NC(=O)C2CCc3nc4ccccn4c3C2)c1C. The fourth-order valence-electron chi connectivity index (χ4n) is 3.50. The van der Waals surface area contributed by atoms with Gasteiger partial charge in [0.15, 0.2) is 0 Å². The Labute approximate surface area is 141 Å². The number of hydrogen-bond acceptors (Lipinski definition) is 2. The van der Waals surface area contributed by atoms with E-state index in [1.807, 2.05) is 43.5 Å². The van der Waals surface area contributed by atoms with Gasteiger partial charge in [-0.3, -0.25) is 4.79 Å². The van der Waals surface area contributed by atoms with Gasteiger partial charge in [-0.2, -0.15) is 0 Å². The summed E-state index contributed by atoms with van der Waals surface area (Å²) in [7, 11) is 0. The van der Waals surface area contributed by atoms with Crippen LogP contribution in [0, 0.1) is 19.8 Å². The number of amides is 1. The second kappa shape index (κ2) is 5.78. The summed E-state index contributed by atoms with van der Waals surface area (Å²) in [4.78, 5) is 17.4. The van der Waals surface area contributed by atoms with Crippen molar-refractivity contribution in [3.63, 3.8) is 0 Å². The number of imidazole rings is 1. The van der Waals surface area contributed by atoms with E-state index in [-0.39, 0.29) is 11.8 Å². The number of nitrogens with zero attached hydrogens (tertiary/aromatic N) is 2. The van der Waals surface area contributed by atoms with Crippen molar-refractivity contribution in [3.05, 3.63) is 65.1 Å². The van der Waals surface area contributed by atoms with Gasteiger partial charge in [0.1, 0.15) is 5.65 Å². The minimum atomic E-state index is -0.00230. The Morgan fingerprint density at radius 2 is 2.08 bits per heavy atom. The van der Waals surface area contributed by atoms with Crippen molar-refractivity contribution >= 4 is 17.2 Å². The van der Waals surface area contributed by atoms with Crippen molar-refractivity contribution < 1.29 is 4.79 Å². The molecule has 1 unspecified atom stereocenters. The summed E-state index contributed by atoms with van der Waals surface area (Å²) in [5, 5.41) is 3.12. The van der Waals surface area contributed by atoms with E-state index in [0.717, 1.165) is 41.9 Å². The van der Waals surface area contributed by atoms with Gasteiger partial charge in [0, 0.05) is 29.9 Å². The van der Waals surface area contributed by atoms with Crippen molar-refractivity contribution in [2.75, 3.05) is 5.32 Å². The van der Waals surface area contributed by atoms with Crippen LogP contribution in [0.15, 0.2) is 42.6 Å². The number of aromatic nitrogens is 2. The Bertz CT molecular complexity index is 926. The lowest BCUT2D eigenvalue weighted by Gasteiger charge is -2.22. The van der Waals surface area contributed by atoms with Gasteiger partial charge in [0.2, 0.25) is 5.91 Å². The third-order valence-electron chi connectivity index (χ3n) is 5.11. The van der Waals surface area contributed by atoms with Gasteiger partial charge in [-0.15, -0.1) is 0 Å². The number of fused-ring (bicyclic) bond motifs is 3. The maximum Gasteiger partial charge on any atom is 0.227 e. The van der Waals surface area contributed by atoms with Crippen LogP contribution in [0.1, 0.15) is 28.9 Å². The highest BCUT2D eigenvalue weighted by atomic mass is 16.1. The van der Waals surface area contributed by atoms with Crippen molar-refractivity contribution in [1.29, 1.82) is 0 Å². The fraction of sp³-hybridized carbons (Fsp3) is 0.300. The first-order valence-electron chi connectivity index (χ1n) is 8.45. The monoisotopic (exact) mass is 319 g/mol. The zero-order valence-electron chi connectivity index (χ0n) is 14.0. The van der Waals surface area contributed by atoms with Gasteiger partial charge in [0.05, 0.1) is 5.69 Å². The summed E-state index contributed by atoms with van der Waals surface area (Å²) in [6.07, 6.45) is 4.50. The molecule has 0 bridgehead atoms. The van der Waals surface area contributed by atoms with Crippen LogP contribution in [0.2, 0.25) is 0 Å². The Morgan fingerprint density at radius 1 is 1.21 bits per heavy atom. The average molecular weight is 319 g/mol. The molecule has 2 aromatic heterocycles. The van der Waals surface area contributed by atoms with Crippen LogP contribution in [0.5, 0.6) is 0 Å².